The maximum Gasteiger partial charge on any atom is 1.00 e. The summed E-state index contributed by atoms with van der Waals surface area (Å²) in [5.41, 5.74) is 1.29. The third-order valence-electron chi connectivity index (χ3n) is 4.86. The van der Waals surface area contributed by atoms with Gasteiger partial charge in [-0.1, -0.05) is 22.0 Å². The molecule has 2 aliphatic heterocycles. The number of ether oxygens (including phenoxy) is 4. The Morgan fingerprint density at radius 3 is 2.52 bits per heavy atom. The van der Waals surface area contributed by atoms with Crippen molar-refractivity contribution in [3.63, 3.8) is 0 Å². The van der Waals surface area contributed by atoms with E-state index in [0.29, 0.717) is 49.4 Å². The predicted octanol–water partition coefficient (Wildman–Crippen LogP) is -0.413. The molecule has 0 saturated carbocycles. The molecule has 0 spiro atoms. The van der Waals surface area contributed by atoms with E-state index in [0.717, 1.165) is 0 Å². The van der Waals surface area contributed by atoms with Crippen LogP contribution in [-0.4, -0.2) is 24.7 Å². The molecule has 0 saturated heterocycles. The number of aliphatic hydroxyl groups is 1. The minimum atomic E-state index is -1.38. The minimum Gasteiger partial charge on any atom is -0.545 e. The minimum absolute atomic E-state index is 0. The zero-order valence-electron chi connectivity index (χ0n) is 15.3. The number of halogens is 1. The molecule has 142 valence electrons. The van der Waals surface area contributed by atoms with Crippen molar-refractivity contribution in [1.29, 1.82) is 0 Å². The molecule has 1 N–H and O–H groups in total. The van der Waals surface area contributed by atoms with Crippen LogP contribution in [0.25, 0.3) is 21.9 Å². The van der Waals surface area contributed by atoms with Gasteiger partial charge in [0.2, 0.25) is 13.6 Å². The molecule has 0 unspecified atom stereocenters. The summed E-state index contributed by atoms with van der Waals surface area (Å²) >= 11 is 3.48. The van der Waals surface area contributed by atoms with Crippen LogP contribution in [0.5, 0.6) is 23.0 Å². The van der Waals surface area contributed by atoms with E-state index in [1.165, 1.54) is 6.07 Å². The van der Waals surface area contributed by atoms with Gasteiger partial charge in [0, 0.05) is 20.8 Å². The Hall–Kier alpha value is -1.97. The summed E-state index contributed by atoms with van der Waals surface area (Å²) in [4.78, 5) is 11.8. The molecule has 5 rings (SSSR count). The van der Waals surface area contributed by atoms with Crippen LogP contribution in [0.3, 0.4) is 0 Å². The molecule has 2 aliphatic rings. The summed E-state index contributed by atoms with van der Waals surface area (Å²) in [7, 11) is 0. The zero-order chi connectivity index (χ0) is 19.4. The van der Waals surface area contributed by atoms with Crippen LogP contribution in [0.2, 0.25) is 0 Å². The molecule has 0 aromatic heterocycles. The number of carboxylic acids is 1. The Morgan fingerprint density at radius 1 is 1.03 bits per heavy atom. The second kappa shape index (κ2) is 7.70. The summed E-state index contributed by atoms with van der Waals surface area (Å²) in [5.74, 6) is 0.785. The predicted molar refractivity (Wildman–Crippen MR) is 99.6 cm³/mol. The number of carbonyl (C=O) groups is 1. The van der Waals surface area contributed by atoms with Gasteiger partial charge in [0.15, 0.2) is 23.0 Å². The van der Waals surface area contributed by atoms with Crippen molar-refractivity contribution in [2.24, 2.45) is 0 Å². The largest absolute Gasteiger partial charge is 1.00 e. The average molecular weight is 467 g/mol. The monoisotopic (exact) mass is 466 g/mol. The number of aromatic carboxylic acids is 1. The van der Waals surface area contributed by atoms with Crippen molar-refractivity contribution in [2.45, 2.75) is 6.61 Å². The maximum atomic E-state index is 11.8. The van der Waals surface area contributed by atoms with Crippen molar-refractivity contribution in [3.8, 4) is 34.1 Å². The molecule has 0 amide bonds. The number of carboxylic acid groups (broad SMARTS) is 1. The first-order valence-corrected chi connectivity index (χ1v) is 9.17. The number of aliphatic hydroxyl groups excluding tert-OH is 1. The van der Waals surface area contributed by atoms with Gasteiger partial charge in [0.25, 0.3) is 0 Å². The molecule has 3 aromatic rings. The molecule has 29 heavy (non-hydrogen) atoms. The van der Waals surface area contributed by atoms with Crippen molar-refractivity contribution in [1.82, 2.24) is 0 Å². The number of hydrogen-bond donors (Lipinski definition) is 1. The second-order valence-corrected chi connectivity index (χ2v) is 7.16. The van der Waals surface area contributed by atoms with Crippen LogP contribution >= 0.6 is 15.9 Å². The molecule has 0 radical (unpaired) electrons. The standard InChI is InChI=1S/C20H13BrO7.Na/c21-13-5-16-19(28-8-27-16)18-11(13)4-10(20(23)24)12(6-22)17(18)9-1-2-14-15(3-9)26-7-25-14;/h1-5,22H,6-8H2,(H,23,24);/q;+1/p-1. The fourth-order valence-corrected chi connectivity index (χ4v) is 4.17. The molecule has 7 nitrogen and oxygen atoms in total. The smallest absolute Gasteiger partial charge is 0.545 e. The van der Waals surface area contributed by atoms with Crippen molar-refractivity contribution in [3.05, 3.63) is 45.9 Å². The van der Waals surface area contributed by atoms with E-state index in [4.69, 9.17) is 18.9 Å². The number of hydrogen-bond acceptors (Lipinski definition) is 7. The van der Waals surface area contributed by atoms with Gasteiger partial charge in [-0.2, -0.15) is 0 Å². The molecular weight excluding hydrogens is 455 g/mol. The fourth-order valence-electron chi connectivity index (χ4n) is 3.65. The molecule has 9 heteroatoms. The van der Waals surface area contributed by atoms with Gasteiger partial charge in [-0.15, -0.1) is 0 Å². The molecule has 0 fully saturated rings. The molecular formula is C20H12BrNaO7. The van der Waals surface area contributed by atoms with E-state index in [1.807, 2.05) is 0 Å². The first-order valence-electron chi connectivity index (χ1n) is 8.38. The van der Waals surface area contributed by atoms with E-state index in [1.54, 1.807) is 24.3 Å². The van der Waals surface area contributed by atoms with Crippen LogP contribution in [0.1, 0.15) is 15.9 Å². The van der Waals surface area contributed by atoms with Gasteiger partial charge >= 0.3 is 29.6 Å². The Morgan fingerprint density at radius 2 is 1.76 bits per heavy atom. The average Bonchev–Trinajstić information content (AvgIpc) is 3.34. The number of fused-ring (bicyclic) bond motifs is 4. The van der Waals surface area contributed by atoms with Crippen LogP contribution in [-0.2, 0) is 6.61 Å². The first-order chi connectivity index (χ1) is 13.6. The molecule has 2 heterocycles. The first kappa shape index (κ1) is 20.3. The van der Waals surface area contributed by atoms with E-state index in [-0.39, 0.29) is 54.3 Å². The van der Waals surface area contributed by atoms with Crippen LogP contribution < -0.4 is 53.6 Å². The third kappa shape index (κ3) is 3.15. The number of rotatable bonds is 3. The number of benzene rings is 3. The van der Waals surface area contributed by atoms with Crippen LogP contribution in [0.15, 0.2) is 34.8 Å². The van der Waals surface area contributed by atoms with E-state index in [2.05, 4.69) is 15.9 Å². The topological polar surface area (TPSA) is 97.3 Å². The van der Waals surface area contributed by atoms with Gasteiger partial charge in [0.1, 0.15) is 0 Å². The normalized spacial score (nSPS) is 13.4. The van der Waals surface area contributed by atoms with Crippen molar-refractivity contribution >= 4 is 32.7 Å². The van der Waals surface area contributed by atoms with Gasteiger partial charge in [-0.25, -0.2) is 0 Å². The Labute approximate surface area is 195 Å². The fraction of sp³-hybridized carbons (Fsp3) is 0.150. The van der Waals surface area contributed by atoms with Crippen LogP contribution in [0, 0.1) is 0 Å². The quantitative estimate of drug-likeness (QED) is 0.524. The van der Waals surface area contributed by atoms with E-state index >= 15 is 0 Å². The van der Waals surface area contributed by atoms with Gasteiger partial charge in [0.05, 0.1) is 12.6 Å². The van der Waals surface area contributed by atoms with Gasteiger partial charge in [-0.05, 0) is 41.0 Å². The Kier molecular flexibility index (Phi) is 5.39. The van der Waals surface area contributed by atoms with Crippen LogP contribution in [0.4, 0.5) is 0 Å². The summed E-state index contributed by atoms with van der Waals surface area (Å²) in [6.07, 6.45) is 0. The Balaban J connectivity index is 0.00000205. The molecule has 0 atom stereocenters. The van der Waals surface area contributed by atoms with E-state index in [9.17, 15) is 15.0 Å². The Bertz CT molecular complexity index is 1160. The SMILES string of the molecule is O=C([O-])c1cc2c(Br)cc3c(c2c(-c2ccc4c(c2)OCO4)c1CO)OCO3.[Na+]. The van der Waals surface area contributed by atoms with Crippen molar-refractivity contribution < 1.29 is 63.5 Å². The molecule has 0 aliphatic carbocycles. The summed E-state index contributed by atoms with van der Waals surface area (Å²) < 4.78 is 22.7. The summed E-state index contributed by atoms with van der Waals surface area (Å²) in [6, 6.07) is 8.47. The summed E-state index contributed by atoms with van der Waals surface area (Å²) in [5, 5.41) is 23.1. The maximum absolute atomic E-state index is 11.8. The molecule has 0 bridgehead atoms. The van der Waals surface area contributed by atoms with Crippen molar-refractivity contribution in [2.75, 3.05) is 13.6 Å². The zero-order valence-corrected chi connectivity index (χ0v) is 18.9. The molecule has 3 aromatic carbocycles. The van der Waals surface area contributed by atoms with Gasteiger partial charge < -0.3 is 34.0 Å². The van der Waals surface area contributed by atoms with E-state index < -0.39 is 12.6 Å². The second-order valence-electron chi connectivity index (χ2n) is 6.31. The van der Waals surface area contributed by atoms with Gasteiger partial charge in [-0.3, -0.25) is 0 Å². The summed E-state index contributed by atoms with van der Waals surface area (Å²) in [6.45, 7) is -0.327. The third-order valence-corrected chi connectivity index (χ3v) is 5.51. The number of carbonyl (C=O) groups excluding carboxylic acids is 1.